The number of nitrogens with zero attached hydrogens (tertiary/aromatic N) is 2. The first-order valence-corrected chi connectivity index (χ1v) is 14.8. The van der Waals surface area contributed by atoms with Gasteiger partial charge in [0.25, 0.3) is 5.91 Å². The van der Waals surface area contributed by atoms with E-state index >= 15 is 0 Å². The number of benzene rings is 4. The topological polar surface area (TPSA) is 76.0 Å². The predicted octanol–water partition coefficient (Wildman–Crippen LogP) is 7.47. The van der Waals surface area contributed by atoms with Crippen LogP contribution < -0.4 is 10.6 Å². The molecule has 4 aromatic carbocycles. The molecule has 2 amide bonds. The van der Waals surface area contributed by atoms with E-state index in [1.54, 1.807) is 11.8 Å². The number of amides is 2. The Morgan fingerprint density at radius 3 is 2.22 bits per heavy atom. The lowest BCUT2D eigenvalue weighted by Gasteiger charge is -2.19. The molecule has 0 aliphatic carbocycles. The molecular weight excluding hydrogens is 528 g/mol. The molecule has 2 atom stereocenters. The number of hydrogen-bond donors (Lipinski definition) is 2. The summed E-state index contributed by atoms with van der Waals surface area (Å²) in [4.78, 5) is 30.6. The predicted molar refractivity (Wildman–Crippen MR) is 168 cm³/mol. The standard InChI is InChI=1S/C34H34N4O2S/c1-5-41-29-17-13-26(14-18-29)32(35-21-39)34(40)36-28-15-11-27(12-16-28)33-37-30-19-8-23(3)20-31(30)38(33)24(4)25-9-6-22(2)7-10-25/h6-21,24,32H,5H2,1-4H3,(H,35,39)(H,36,40)/t24-,32?/m1/s1. The molecule has 2 N–H and O–H groups in total. The van der Waals surface area contributed by atoms with E-state index in [-0.39, 0.29) is 11.9 Å². The quantitative estimate of drug-likeness (QED) is 0.137. The van der Waals surface area contributed by atoms with Crippen molar-refractivity contribution < 1.29 is 9.59 Å². The summed E-state index contributed by atoms with van der Waals surface area (Å²) < 4.78 is 2.28. The fourth-order valence-corrected chi connectivity index (χ4v) is 5.69. The molecule has 5 aromatic rings. The van der Waals surface area contributed by atoms with Crippen molar-refractivity contribution in [3.8, 4) is 11.4 Å². The number of anilines is 1. The summed E-state index contributed by atoms with van der Waals surface area (Å²) in [7, 11) is 0. The maximum atomic E-state index is 13.2. The molecule has 0 spiro atoms. The van der Waals surface area contributed by atoms with Crippen LogP contribution in [-0.2, 0) is 9.59 Å². The van der Waals surface area contributed by atoms with E-state index in [9.17, 15) is 9.59 Å². The highest BCUT2D eigenvalue weighted by atomic mass is 32.2. The second-order valence-corrected chi connectivity index (χ2v) is 11.5. The van der Waals surface area contributed by atoms with Crippen LogP contribution in [0, 0.1) is 13.8 Å². The van der Waals surface area contributed by atoms with Crippen LogP contribution in [0.4, 0.5) is 5.69 Å². The Labute approximate surface area is 245 Å². The van der Waals surface area contributed by atoms with Gasteiger partial charge in [0.15, 0.2) is 0 Å². The molecule has 1 heterocycles. The monoisotopic (exact) mass is 562 g/mol. The maximum Gasteiger partial charge on any atom is 0.251 e. The number of hydrogen-bond acceptors (Lipinski definition) is 4. The van der Waals surface area contributed by atoms with Gasteiger partial charge in [-0.2, -0.15) is 0 Å². The Hall–Kier alpha value is -4.36. The van der Waals surface area contributed by atoms with E-state index in [0.717, 1.165) is 38.6 Å². The molecule has 41 heavy (non-hydrogen) atoms. The lowest BCUT2D eigenvalue weighted by molar-refractivity contribution is -0.121. The molecule has 0 bridgehead atoms. The maximum absolute atomic E-state index is 13.2. The van der Waals surface area contributed by atoms with Gasteiger partial charge in [0.1, 0.15) is 11.9 Å². The molecule has 1 aromatic heterocycles. The van der Waals surface area contributed by atoms with Crippen LogP contribution in [-0.4, -0.2) is 27.6 Å². The number of carbonyl (C=O) groups is 2. The Morgan fingerprint density at radius 2 is 1.56 bits per heavy atom. The van der Waals surface area contributed by atoms with E-state index in [2.05, 4.69) is 85.4 Å². The smallest absolute Gasteiger partial charge is 0.251 e. The zero-order chi connectivity index (χ0) is 28.9. The number of rotatable bonds is 10. The first-order valence-electron chi connectivity index (χ1n) is 13.8. The second kappa shape index (κ2) is 12.4. The van der Waals surface area contributed by atoms with Gasteiger partial charge in [-0.25, -0.2) is 4.98 Å². The van der Waals surface area contributed by atoms with Gasteiger partial charge >= 0.3 is 0 Å². The third-order valence-corrected chi connectivity index (χ3v) is 8.12. The summed E-state index contributed by atoms with van der Waals surface area (Å²) in [5.74, 6) is 1.52. The van der Waals surface area contributed by atoms with Gasteiger partial charge in [-0.05, 0) is 91.7 Å². The lowest BCUT2D eigenvalue weighted by Crippen LogP contribution is -2.32. The molecule has 0 aliphatic rings. The number of thioether (sulfide) groups is 1. The van der Waals surface area contributed by atoms with Gasteiger partial charge < -0.3 is 15.2 Å². The van der Waals surface area contributed by atoms with Crippen molar-refractivity contribution >= 4 is 40.8 Å². The first kappa shape index (κ1) is 28.2. The largest absolute Gasteiger partial charge is 0.343 e. The zero-order valence-corrected chi connectivity index (χ0v) is 24.5. The van der Waals surface area contributed by atoms with Crippen LogP contribution in [0.2, 0.25) is 0 Å². The zero-order valence-electron chi connectivity index (χ0n) is 23.7. The Bertz CT molecular complexity index is 1660. The Kier molecular flexibility index (Phi) is 8.55. The fraction of sp³-hybridized carbons (Fsp3) is 0.206. The average molecular weight is 563 g/mol. The Balaban J connectivity index is 1.43. The number of nitrogens with one attached hydrogen (secondary N) is 2. The summed E-state index contributed by atoms with van der Waals surface area (Å²) in [5, 5.41) is 5.61. The minimum absolute atomic E-state index is 0.0640. The highest BCUT2D eigenvalue weighted by Gasteiger charge is 2.21. The van der Waals surface area contributed by atoms with Gasteiger partial charge in [0, 0.05) is 16.1 Å². The third kappa shape index (κ3) is 6.20. The third-order valence-electron chi connectivity index (χ3n) is 7.22. The van der Waals surface area contributed by atoms with Crippen LogP contribution in [0.15, 0.2) is 95.9 Å². The molecule has 0 saturated heterocycles. The summed E-state index contributed by atoms with van der Waals surface area (Å²) in [6.45, 7) is 8.47. The van der Waals surface area contributed by atoms with E-state index in [0.29, 0.717) is 12.1 Å². The molecule has 1 unspecified atom stereocenters. The van der Waals surface area contributed by atoms with Crippen molar-refractivity contribution in [2.24, 2.45) is 0 Å². The number of aromatic nitrogens is 2. The lowest BCUT2D eigenvalue weighted by atomic mass is 10.0. The molecule has 6 nitrogen and oxygen atoms in total. The van der Waals surface area contributed by atoms with Gasteiger partial charge in [-0.3, -0.25) is 9.59 Å². The van der Waals surface area contributed by atoms with E-state index in [1.165, 1.54) is 16.7 Å². The van der Waals surface area contributed by atoms with Crippen LogP contribution in [0.5, 0.6) is 0 Å². The van der Waals surface area contributed by atoms with Crippen molar-refractivity contribution in [3.63, 3.8) is 0 Å². The van der Waals surface area contributed by atoms with Gasteiger partial charge in [0.2, 0.25) is 6.41 Å². The van der Waals surface area contributed by atoms with Gasteiger partial charge in [0.05, 0.1) is 17.1 Å². The van der Waals surface area contributed by atoms with Crippen molar-refractivity contribution in [1.82, 2.24) is 14.9 Å². The molecule has 5 rings (SSSR count). The second-order valence-electron chi connectivity index (χ2n) is 10.2. The molecule has 0 fully saturated rings. The Morgan fingerprint density at radius 1 is 0.902 bits per heavy atom. The van der Waals surface area contributed by atoms with Crippen LogP contribution in [0.25, 0.3) is 22.4 Å². The minimum atomic E-state index is -0.796. The molecule has 0 aliphatic heterocycles. The number of imidazole rings is 1. The van der Waals surface area contributed by atoms with E-state index in [4.69, 9.17) is 4.98 Å². The summed E-state index contributed by atoms with van der Waals surface area (Å²) in [6, 6.07) is 29.6. The minimum Gasteiger partial charge on any atom is -0.343 e. The molecule has 208 valence electrons. The summed E-state index contributed by atoms with van der Waals surface area (Å²) in [6.07, 6.45) is 0.559. The van der Waals surface area contributed by atoms with Crippen LogP contribution in [0.3, 0.4) is 0 Å². The summed E-state index contributed by atoms with van der Waals surface area (Å²) >= 11 is 1.73. The van der Waals surface area contributed by atoms with Gasteiger partial charge in [-0.15, -0.1) is 11.8 Å². The molecule has 7 heteroatoms. The highest BCUT2D eigenvalue weighted by Crippen LogP contribution is 2.33. The number of carbonyl (C=O) groups excluding carboxylic acids is 2. The number of aryl methyl sites for hydroxylation is 2. The summed E-state index contributed by atoms with van der Waals surface area (Å²) in [5.41, 5.74) is 7.93. The molecular formula is C34H34N4O2S. The van der Waals surface area contributed by atoms with Crippen LogP contribution >= 0.6 is 11.8 Å². The van der Waals surface area contributed by atoms with Crippen molar-refractivity contribution in [3.05, 3.63) is 113 Å². The SMILES string of the molecule is CCSc1ccc(C(NC=O)C(=O)Nc2ccc(-c3nc4ccc(C)cc4n3[C@H](C)c3ccc(C)cc3)cc2)cc1. The number of fused-ring (bicyclic) bond motifs is 1. The van der Waals surface area contributed by atoms with Gasteiger partial charge in [-0.1, -0.05) is 55.0 Å². The van der Waals surface area contributed by atoms with Crippen LogP contribution in [0.1, 0.15) is 48.2 Å². The molecule has 0 saturated carbocycles. The van der Waals surface area contributed by atoms with Crippen molar-refractivity contribution in [2.75, 3.05) is 11.1 Å². The van der Waals surface area contributed by atoms with E-state index < -0.39 is 6.04 Å². The fourth-order valence-electron chi connectivity index (χ4n) is 5.02. The van der Waals surface area contributed by atoms with Crippen molar-refractivity contribution in [2.45, 2.75) is 44.7 Å². The highest BCUT2D eigenvalue weighted by molar-refractivity contribution is 7.99. The van der Waals surface area contributed by atoms with E-state index in [1.807, 2.05) is 48.5 Å². The average Bonchev–Trinajstić information content (AvgIpc) is 3.35. The normalized spacial score (nSPS) is 12.6. The van der Waals surface area contributed by atoms with Crippen molar-refractivity contribution in [1.29, 1.82) is 0 Å². The first-order chi connectivity index (χ1) is 19.9. The molecule has 0 radical (unpaired) electrons.